The SMILES string of the molecule is CC(Oc1cccc(Cl)c1)C(=O)Nc1ccnc(Cl)c1. The first-order valence-corrected chi connectivity index (χ1v) is 6.65. The van der Waals surface area contributed by atoms with Crippen molar-refractivity contribution in [1.82, 2.24) is 4.98 Å². The first-order chi connectivity index (χ1) is 9.54. The molecule has 1 unspecified atom stereocenters. The molecule has 0 radical (unpaired) electrons. The Balaban J connectivity index is 1.98. The van der Waals surface area contributed by atoms with Crippen molar-refractivity contribution < 1.29 is 9.53 Å². The number of hydrogen-bond donors (Lipinski definition) is 1. The van der Waals surface area contributed by atoms with Crippen molar-refractivity contribution in [2.24, 2.45) is 0 Å². The number of halogens is 2. The zero-order valence-electron chi connectivity index (χ0n) is 10.6. The fourth-order valence-electron chi connectivity index (χ4n) is 1.52. The number of ether oxygens (including phenoxy) is 1. The Morgan fingerprint density at radius 2 is 2.10 bits per heavy atom. The Morgan fingerprint density at radius 1 is 1.30 bits per heavy atom. The van der Waals surface area contributed by atoms with E-state index in [0.717, 1.165) is 0 Å². The highest BCUT2D eigenvalue weighted by Gasteiger charge is 2.15. The summed E-state index contributed by atoms with van der Waals surface area (Å²) in [5.74, 6) is 0.250. The lowest BCUT2D eigenvalue weighted by Crippen LogP contribution is -2.30. The standard InChI is InChI=1S/C14H12Cl2N2O2/c1-9(20-12-4-2-3-10(15)7-12)14(19)18-11-5-6-17-13(16)8-11/h2-9H,1H3,(H,17,18,19). The second kappa shape index (κ2) is 6.59. The molecule has 1 aromatic carbocycles. The van der Waals surface area contributed by atoms with Gasteiger partial charge in [0.25, 0.3) is 5.91 Å². The monoisotopic (exact) mass is 310 g/mol. The largest absolute Gasteiger partial charge is 0.481 e. The molecule has 0 saturated heterocycles. The Bertz CT molecular complexity index is 620. The maximum absolute atomic E-state index is 12.0. The summed E-state index contributed by atoms with van der Waals surface area (Å²) in [6, 6.07) is 10.1. The summed E-state index contributed by atoms with van der Waals surface area (Å²) < 4.78 is 5.51. The number of carbonyl (C=O) groups is 1. The van der Waals surface area contributed by atoms with E-state index in [1.54, 1.807) is 43.3 Å². The van der Waals surface area contributed by atoms with E-state index in [1.807, 2.05) is 0 Å². The van der Waals surface area contributed by atoms with Gasteiger partial charge in [0.15, 0.2) is 6.10 Å². The molecule has 1 atom stereocenters. The molecule has 0 spiro atoms. The van der Waals surface area contributed by atoms with Gasteiger partial charge in [0, 0.05) is 16.9 Å². The zero-order chi connectivity index (χ0) is 14.5. The highest BCUT2D eigenvalue weighted by molar-refractivity contribution is 6.30. The van der Waals surface area contributed by atoms with E-state index in [1.165, 1.54) is 6.20 Å². The number of anilines is 1. The lowest BCUT2D eigenvalue weighted by molar-refractivity contribution is -0.122. The molecular formula is C14H12Cl2N2O2. The summed E-state index contributed by atoms with van der Waals surface area (Å²) in [5, 5.41) is 3.56. The predicted molar refractivity (Wildman–Crippen MR) is 79.4 cm³/mol. The minimum absolute atomic E-state index is 0.285. The van der Waals surface area contributed by atoms with Gasteiger partial charge in [-0.15, -0.1) is 0 Å². The minimum Gasteiger partial charge on any atom is -0.481 e. The van der Waals surface area contributed by atoms with E-state index in [0.29, 0.717) is 21.6 Å². The third-order valence-electron chi connectivity index (χ3n) is 2.47. The first-order valence-electron chi connectivity index (χ1n) is 5.89. The van der Waals surface area contributed by atoms with Crippen molar-refractivity contribution in [1.29, 1.82) is 0 Å². The average molecular weight is 311 g/mol. The van der Waals surface area contributed by atoms with Crippen molar-refractivity contribution in [2.45, 2.75) is 13.0 Å². The normalized spacial score (nSPS) is 11.8. The van der Waals surface area contributed by atoms with E-state index >= 15 is 0 Å². The van der Waals surface area contributed by atoms with Gasteiger partial charge >= 0.3 is 0 Å². The van der Waals surface area contributed by atoms with E-state index < -0.39 is 6.10 Å². The number of carbonyl (C=O) groups excluding carboxylic acids is 1. The summed E-state index contributed by atoms with van der Waals surface area (Å²) in [7, 11) is 0. The number of pyridine rings is 1. The number of aromatic nitrogens is 1. The van der Waals surface area contributed by atoms with E-state index in [4.69, 9.17) is 27.9 Å². The molecule has 0 aliphatic rings. The molecule has 104 valence electrons. The Morgan fingerprint density at radius 3 is 2.80 bits per heavy atom. The second-order valence-electron chi connectivity index (χ2n) is 4.07. The van der Waals surface area contributed by atoms with Crippen LogP contribution < -0.4 is 10.1 Å². The van der Waals surface area contributed by atoms with Crippen molar-refractivity contribution >= 4 is 34.8 Å². The zero-order valence-corrected chi connectivity index (χ0v) is 12.2. The lowest BCUT2D eigenvalue weighted by Gasteiger charge is -2.14. The van der Waals surface area contributed by atoms with E-state index in [-0.39, 0.29) is 5.91 Å². The third kappa shape index (κ3) is 4.11. The van der Waals surface area contributed by atoms with Gasteiger partial charge in [0.1, 0.15) is 10.9 Å². The highest BCUT2D eigenvalue weighted by Crippen LogP contribution is 2.19. The van der Waals surface area contributed by atoms with Gasteiger partial charge in [-0.1, -0.05) is 29.3 Å². The third-order valence-corrected chi connectivity index (χ3v) is 2.91. The van der Waals surface area contributed by atoms with Crippen LogP contribution in [0, 0.1) is 0 Å². The fraction of sp³-hybridized carbons (Fsp3) is 0.143. The molecule has 0 saturated carbocycles. The molecule has 0 aliphatic heterocycles. The van der Waals surface area contributed by atoms with E-state index in [2.05, 4.69) is 10.3 Å². The molecule has 1 aromatic heterocycles. The second-order valence-corrected chi connectivity index (χ2v) is 4.90. The molecule has 6 heteroatoms. The summed E-state index contributed by atoms with van der Waals surface area (Å²) in [5.41, 5.74) is 0.566. The number of hydrogen-bond acceptors (Lipinski definition) is 3. The first kappa shape index (κ1) is 14.6. The van der Waals surface area contributed by atoms with Crippen LogP contribution in [0.25, 0.3) is 0 Å². The molecule has 0 aliphatic carbocycles. The van der Waals surface area contributed by atoms with Gasteiger partial charge in [-0.25, -0.2) is 4.98 Å². The van der Waals surface area contributed by atoms with Crippen LogP contribution in [0.3, 0.4) is 0 Å². The molecule has 0 bridgehead atoms. The number of nitrogens with one attached hydrogen (secondary N) is 1. The number of benzene rings is 1. The fourth-order valence-corrected chi connectivity index (χ4v) is 1.88. The highest BCUT2D eigenvalue weighted by atomic mass is 35.5. The molecule has 1 heterocycles. The van der Waals surface area contributed by atoms with Crippen molar-refractivity contribution in [3.8, 4) is 5.75 Å². The van der Waals surface area contributed by atoms with Crippen LogP contribution in [0.2, 0.25) is 10.2 Å². The molecular weight excluding hydrogens is 299 g/mol. The van der Waals surface area contributed by atoms with Crippen LogP contribution >= 0.6 is 23.2 Å². The van der Waals surface area contributed by atoms with Crippen LogP contribution in [0.5, 0.6) is 5.75 Å². The summed E-state index contributed by atoms with van der Waals surface area (Å²) >= 11 is 11.6. The Labute approximate surface area is 126 Å². The molecule has 2 aromatic rings. The van der Waals surface area contributed by atoms with Gasteiger partial charge in [0.05, 0.1) is 0 Å². The molecule has 1 amide bonds. The predicted octanol–water partition coefficient (Wildman–Crippen LogP) is 3.79. The van der Waals surface area contributed by atoms with Crippen LogP contribution in [-0.2, 0) is 4.79 Å². The van der Waals surface area contributed by atoms with Gasteiger partial charge in [-0.05, 0) is 37.3 Å². The molecule has 2 rings (SSSR count). The Hall–Kier alpha value is -1.78. The van der Waals surface area contributed by atoms with Gasteiger partial charge in [-0.2, -0.15) is 0 Å². The van der Waals surface area contributed by atoms with Gasteiger partial charge in [-0.3, -0.25) is 4.79 Å². The van der Waals surface area contributed by atoms with Crippen molar-refractivity contribution in [3.63, 3.8) is 0 Å². The van der Waals surface area contributed by atoms with Crippen LogP contribution in [-0.4, -0.2) is 17.0 Å². The summed E-state index contributed by atoms with van der Waals surface area (Å²) in [6.45, 7) is 1.65. The number of nitrogens with zero attached hydrogens (tertiary/aromatic N) is 1. The summed E-state index contributed by atoms with van der Waals surface area (Å²) in [6.07, 6.45) is 0.848. The van der Waals surface area contributed by atoms with Crippen LogP contribution in [0.1, 0.15) is 6.92 Å². The lowest BCUT2D eigenvalue weighted by atomic mass is 10.3. The van der Waals surface area contributed by atoms with Gasteiger partial charge in [0.2, 0.25) is 0 Å². The van der Waals surface area contributed by atoms with Crippen molar-refractivity contribution in [2.75, 3.05) is 5.32 Å². The maximum Gasteiger partial charge on any atom is 0.265 e. The summed E-state index contributed by atoms with van der Waals surface area (Å²) in [4.78, 5) is 15.8. The average Bonchev–Trinajstić information content (AvgIpc) is 2.38. The van der Waals surface area contributed by atoms with Crippen LogP contribution in [0.15, 0.2) is 42.6 Å². The molecule has 1 N–H and O–H groups in total. The maximum atomic E-state index is 12.0. The molecule has 0 fully saturated rings. The van der Waals surface area contributed by atoms with Crippen molar-refractivity contribution in [3.05, 3.63) is 52.8 Å². The Kier molecular flexibility index (Phi) is 4.82. The smallest absolute Gasteiger partial charge is 0.265 e. The molecule has 4 nitrogen and oxygen atoms in total. The minimum atomic E-state index is -0.666. The topological polar surface area (TPSA) is 51.2 Å². The molecule has 20 heavy (non-hydrogen) atoms. The van der Waals surface area contributed by atoms with E-state index in [9.17, 15) is 4.79 Å². The quantitative estimate of drug-likeness (QED) is 0.874. The van der Waals surface area contributed by atoms with Gasteiger partial charge < -0.3 is 10.1 Å². The number of amides is 1. The number of rotatable bonds is 4. The van der Waals surface area contributed by atoms with Crippen LogP contribution in [0.4, 0.5) is 5.69 Å².